The van der Waals surface area contributed by atoms with E-state index in [-0.39, 0.29) is 35.0 Å². The standard InChI is InChI=1S/C32H45FN6O4Si/c1-31(2,3)42-30(40)39-19-26(43-44(7,8)32(4,5)6)17-24(39)20-41-25-14-12-22(13-15-25)37-29-35-18-27(33)28(38-29)36-23-11-9-10-21(34)16-23/h9-16,18,24,26H,17,19-20,34H2,1-8H3,(H2,35,36,37,38)/t24-,26?/m0/s1. The number of benzene rings is 2. The average Bonchev–Trinajstić information content (AvgIpc) is 3.31. The lowest BCUT2D eigenvalue weighted by Crippen LogP contribution is -2.45. The van der Waals surface area contributed by atoms with Crippen LogP contribution in [0.2, 0.25) is 18.1 Å². The van der Waals surface area contributed by atoms with Crippen LogP contribution in [0, 0.1) is 5.82 Å². The fourth-order valence-corrected chi connectivity index (χ4v) is 5.84. The van der Waals surface area contributed by atoms with E-state index in [0.29, 0.717) is 42.4 Å². The van der Waals surface area contributed by atoms with Crippen LogP contribution in [0.25, 0.3) is 0 Å². The maximum Gasteiger partial charge on any atom is 0.410 e. The number of nitrogen functional groups attached to an aromatic ring is 1. The first-order chi connectivity index (χ1) is 20.5. The molecule has 2 atom stereocenters. The molecule has 2 aromatic carbocycles. The summed E-state index contributed by atoms with van der Waals surface area (Å²) in [5.41, 5.74) is 7.07. The quantitative estimate of drug-likeness (QED) is 0.164. The molecule has 1 aromatic heterocycles. The number of hydrogen-bond acceptors (Lipinski definition) is 9. The van der Waals surface area contributed by atoms with Crippen molar-refractivity contribution in [3.8, 4) is 5.75 Å². The first-order valence-corrected chi connectivity index (χ1v) is 17.7. The van der Waals surface area contributed by atoms with Crippen LogP contribution in [0.15, 0.2) is 54.7 Å². The largest absolute Gasteiger partial charge is 0.491 e. The van der Waals surface area contributed by atoms with Gasteiger partial charge in [0.15, 0.2) is 20.0 Å². The van der Waals surface area contributed by atoms with Crippen molar-refractivity contribution < 1.29 is 23.1 Å². The molecule has 238 valence electrons. The third kappa shape index (κ3) is 8.82. The van der Waals surface area contributed by atoms with Crippen LogP contribution < -0.4 is 21.1 Å². The molecule has 1 unspecified atom stereocenters. The van der Waals surface area contributed by atoms with Crippen LogP contribution in [0.1, 0.15) is 48.0 Å². The van der Waals surface area contributed by atoms with Crippen molar-refractivity contribution in [2.45, 2.75) is 83.8 Å². The van der Waals surface area contributed by atoms with E-state index in [2.05, 4.69) is 54.5 Å². The monoisotopic (exact) mass is 624 g/mol. The summed E-state index contributed by atoms with van der Waals surface area (Å²) in [5.74, 6) is 0.289. The van der Waals surface area contributed by atoms with E-state index in [1.54, 1.807) is 29.2 Å². The summed E-state index contributed by atoms with van der Waals surface area (Å²) in [6.45, 7) is 17.4. The smallest absolute Gasteiger partial charge is 0.410 e. The van der Waals surface area contributed by atoms with Crippen LogP contribution in [0.5, 0.6) is 5.75 Å². The van der Waals surface area contributed by atoms with E-state index in [0.717, 1.165) is 6.20 Å². The Hall–Kier alpha value is -3.90. The molecule has 1 fully saturated rings. The third-order valence-electron chi connectivity index (χ3n) is 7.72. The molecule has 4 N–H and O–H groups in total. The van der Waals surface area contributed by atoms with Gasteiger partial charge in [-0.1, -0.05) is 26.8 Å². The molecule has 1 saturated heterocycles. The number of anilines is 5. The van der Waals surface area contributed by atoms with Crippen LogP contribution in [-0.2, 0) is 9.16 Å². The molecular formula is C32H45FN6O4Si. The van der Waals surface area contributed by atoms with E-state index in [4.69, 9.17) is 19.6 Å². The van der Waals surface area contributed by atoms with Crippen LogP contribution in [-0.4, -0.2) is 60.2 Å². The Kier molecular flexibility index (Phi) is 9.74. The second kappa shape index (κ2) is 13.0. The highest BCUT2D eigenvalue weighted by molar-refractivity contribution is 6.74. The van der Waals surface area contributed by atoms with Crippen molar-refractivity contribution >= 4 is 43.2 Å². The fraction of sp³-hybridized carbons (Fsp3) is 0.469. The van der Waals surface area contributed by atoms with Gasteiger partial charge in [0.2, 0.25) is 5.95 Å². The molecule has 3 aromatic rings. The molecular weight excluding hydrogens is 579 g/mol. The van der Waals surface area contributed by atoms with Gasteiger partial charge < -0.3 is 30.3 Å². The Morgan fingerprint density at radius 3 is 2.41 bits per heavy atom. The molecule has 10 nitrogen and oxygen atoms in total. The molecule has 0 radical (unpaired) electrons. The first kappa shape index (κ1) is 33.0. The zero-order valence-electron chi connectivity index (χ0n) is 26.9. The van der Waals surface area contributed by atoms with Crippen LogP contribution in [0.3, 0.4) is 0 Å². The zero-order chi connectivity index (χ0) is 32.3. The lowest BCUT2D eigenvalue weighted by Gasteiger charge is -2.38. The summed E-state index contributed by atoms with van der Waals surface area (Å²) < 4.78 is 32.9. The Labute approximate surface area is 260 Å². The van der Waals surface area contributed by atoms with Crippen molar-refractivity contribution in [3.05, 3.63) is 60.5 Å². The van der Waals surface area contributed by atoms with Gasteiger partial charge in [0, 0.05) is 23.6 Å². The summed E-state index contributed by atoms with van der Waals surface area (Å²) in [6, 6.07) is 14.0. The minimum Gasteiger partial charge on any atom is -0.491 e. The zero-order valence-corrected chi connectivity index (χ0v) is 27.9. The number of nitrogens with zero attached hydrogens (tertiary/aromatic N) is 3. The van der Waals surface area contributed by atoms with Crippen LogP contribution >= 0.6 is 0 Å². The van der Waals surface area contributed by atoms with Gasteiger partial charge in [-0.05, 0) is 87.8 Å². The molecule has 1 aliphatic rings. The van der Waals surface area contributed by atoms with Crippen molar-refractivity contribution in [2.24, 2.45) is 0 Å². The molecule has 0 bridgehead atoms. The normalized spacial score (nSPS) is 17.3. The Bertz CT molecular complexity index is 1440. The van der Waals surface area contributed by atoms with Gasteiger partial charge in [0.1, 0.15) is 18.0 Å². The van der Waals surface area contributed by atoms with Crippen molar-refractivity contribution in [1.29, 1.82) is 0 Å². The van der Waals surface area contributed by atoms with Crippen molar-refractivity contribution in [3.63, 3.8) is 0 Å². The highest BCUT2D eigenvalue weighted by Crippen LogP contribution is 2.39. The Morgan fingerprint density at radius 2 is 1.77 bits per heavy atom. The summed E-state index contributed by atoms with van der Waals surface area (Å²) in [7, 11) is -2.03. The number of halogens is 1. The number of aromatic nitrogens is 2. The van der Waals surface area contributed by atoms with Gasteiger partial charge in [-0.3, -0.25) is 4.90 Å². The third-order valence-corrected chi connectivity index (χ3v) is 12.3. The van der Waals surface area contributed by atoms with Gasteiger partial charge in [-0.25, -0.2) is 14.2 Å². The number of likely N-dealkylation sites (tertiary alicyclic amines) is 1. The Balaban J connectivity index is 1.39. The lowest BCUT2D eigenvalue weighted by molar-refractivity contribution is 0.0174. The SMILES string of the molecule is CC(C)(C)OC(=O)N1CC(O[Si](C)(C)C(C)(C)C)C[C@H]1COc1ccc(Nc2ncc(F)c(Nc3cccc(N)c3)n2)cc1. The number of carbonyl (C=O) groups excluding carboxylic acids is 1. The van der Waals surface area contributed by atoms with Gasteiger partial charge >= 0.3 is 6.09 Å². The van der Waals surface area contributed by atoms with Gasteiger partial charge in [-0.15, -0.1) is 0 Å². The molecule has 0 saturated carbocycles. The number of nitrogens with two attached hydrogens (primary N) is 1. The fourth-order valence-electron chi connectivity index (χ4n) is 4.48. The summed E-state index contributed by atoms with van der Waals surface area (Å²) in [6.07, 6.45) is 1.31. The minimum atomic E-state index is -2.03. The lowest BCUT2D eigenvalue weighted by atomic mass is 10.2. The highest BCUT2D eigenvalue weighted by atomic mass is 28.4. The predicted octanol–water partition coefficient (Wildman–Crippen LogP) is 7.46. The predicted molar refractivity (Wildman–Crippen MR) is 175 cm³/mol. The number of nitrogens with one attached hydrogen (secondary N) is 2. The average molecular weight is 625 g/mol. The van der Waals surface area contributed by atoms with E-state index >= 15 is 0 Å². The summed E-state index contributed by atoms with van der Waals surface area (Å²) in [4.78, 5) is 23.2. The van der Waals surface area contributed by atoms with Gasteiger partial charge in [0.25, 0.3) is 0 Å². The summed E-state index contributed by atoms with van der Waals surface area (Å²) >= 11 is 0. The molecule has 0 aliphatic carbocycles. The molecule has 4 rings (SSSR count). The first-order valence-electron chi connectivity index (χ1n) is 14.8. The maximum absolute atomic E-state index is 14.4. The van der Waals surface area contributed by atoms with Gasteiger partial charge in [0.05, 0.1) is 18.3 Å². The number of hydrogen-bond donors (Lipinski definition) is 3. The maximum atomic E-state index is 14.4. The molecule has 12 heteroatoms. The second-order valence-corrected chi connectivity index (χ2v) is 18.4. The topological polar surface area (TPSA) is 124 Å². The number of carbonyl (C=O) groups is 1. The van der Waals surface area contributed by atoms with Crippen molar-refractivity contribution in [2.75, 3.05) is 29.5 Å². The van der Waals surface area contributed by atoms with E-state index < -0.39 is 19.7 Å². The minimum absolute atomic E-state index is 0.0231. The van der Waals surface area contributed by atoms with Crippen molar-refractivity contribution in [1.82, 2.24) is 14.9 Å². The Morgan fingerprint density at radius 1 is 1.07 bits per heavy atom. The molecule has 44 heavy (non-hydrogen) atoms. The molecule has 2 heterocycles. The molecule has 1 amide bonds. The van der Waals surface area contributed by atoms with E-state index in [1.165, 1.54) is 0 Å². The number of ether oxygens (including phenoxy) is 2. The van der Waals surface area contributed by atoms with E-state index in [1.807, 2.05) is 45.0 Å². The molecule has 0 spiro atoms. The van der Waals surface area contributed by atoms with E-state index in [9.17, 15) is 9.18 Å². The number of amides is 1. The van der Waals surface area contributed by atoms with Gasteiger partial charge in [-0.2, -0.15) is 4.98 Å². The number of rotatable bonds is 9. The summed E-state index contributed by atoms with van der Waals surface area (Å²) in [5, 5.41) is 6.07. The second-order valence-electron chi connectivity index (χ2n) is 13.6. The highest BCUT2D eigenvalue weighted by Gasteiger charge is 2.44. The van der Waals surface area contributed by atoms with Crippen LogP contribution in [0.4, 0.5) is 38.0 Å². The molecule has 1 aliphatic heterocycles.